The molecule has 6 heteroatoms. The maximum Gasteiger partial charge on any atom is 0.271 e. The molecule has 0 saturated heterocycles. The van der Waals surface area contributed by atoms with E-state index in [9.17, 15) is 4.79 Å². The summed E-state index contributed by atoms with van der Waals surface area (Å²) in [4.78, 5) is 22.8. The van der Waals surface area contributed by atoms with E-state index in [0.717, 1.165) is 12.2 Å². The molecule has 1 heterocycles. The second-order valence-corrected chi connectivity index (χ2v) is 7.59. The largest absolute Gasteiger partial charge is 0.349 e. The summed E-state index contributed by atoms with van der Waals surface area (Å²) in [5.74, 6) is 1.21. The Morgan fingerprint density at radius 2 is 1.67 bits per heavy atom. The summed E-state index contributed by atoms with van der Waals surface area (Å²) in [6.45, 7) is 10.1. The standard InChI is InChI=1S/C21H31N5O/c1-14(2)16-8-7-9-17(15(3)4)20(16)25-19-13-23-18(12-24-19)21(27)22-10-11-26(5)6/h7-9,12-15H,10-11H2,1-6H3,(H,22,27)(H,24,25). The summed E-state index contributed by atoms with van der Waals surface area (Å²) >= 11 is 0. The number of amides is 1. The molecule has 1 amide bonds. The van der Waals surface area contributed by atoms with Crippen LogP contribution in [0.15, 0.2) is 30.6 Å². The molecule has 0 aliphatic heterocycles. The van der Waals surface area contributed by atoms with E-state index in [-0.39, 0.29) is 5.91 Å². The molecule has 0 atom stereocenters. The zero-order valence-electron chi connectivity index (χ0n) is 17.2. The predicted molar refractivity (Wildman–Crippen MR) is 111 cm³/mol. The minimum atomic E-state index is -0.207. The first-order valence-electron chi connectivity index (χ1n) is 9.44. The van der Waals surface area contributed by atoms with E-state index in [1.165, 1.54) is 17.3 Å². The van der Waals surface area contributed by atoms with E-state index in [1.54, 1.807) is 6.20 Å². The summed E-state index contributed by atoms with van der Waals surface area (Å²) < 4.78 is 0. The number of carbonyl (C=O) groups excluding carboxylic acids is 1. The van der Waals surface area contributed by atoms with Gasteiger partial charge >= 0.3 is 0 Å². The van der Waals surface area contributed by atoms with Gasteiger partial charge in [-0.2, -0.15) is 0 Å². The van der Waals surface area contributed by atoms with Gasteiger partial charge in [-0.25, -0.2) is 9.97 Å². The monoisotopic (exact) mass is 369 g/mol. The number of rotatable bonds is 8. The van der Waals surface area contributed by atoms with Crippen molar-refractivity contribution in [1.82, 2.24) is 20.2 Å². The van der Waals surface area contributed by atoms with Crippen LogP contribution in [0.3, 0.4) is 0 Å². The van der Waals surface area contributed by atoms with Gasteiger partial charge in [-0.1, -0.05) is 45.9 Å². The van der Waals surface area contributed by atoms with Crippen LogP contribution in [0.5, 0.6) is 0 Å². The van der Waals surface area contributed by atoms with E-state index < -0.39 is 0 Å². The number of anilines is 2. The zero-order chi connectivity index (χ0) is 20.0. The van der Waals surface area contributed by atoms with Gasteiger partial charge in [-0.05, 0) is 37.1 Å². The highest BCUT2D eigenvalue weighted by Gasteiger charge is 2.15. The van der Waals surface area contributed by atoms with Gasteiger partial charge in [-0.15, -0.1) is 0 Å². The van der Waals surface area contributed by atoms with E-state index in [1.807, 2.05) is 19.0 Å². The van der Waals surface area contributed by atoms with Gasteiger partial charge in [-0.3, -0.25) is 4.79 Å². The lowest BCUT2D eigenvalue weighted by Gasteiger charge is -2.20. The summed E-state index contributed by atoms with van der Waals surface area (Å²) in [5, 5.41) is 6.26. The number of carbonyl (C=O) groups is 1. The van der Waals surface area contributed by atoms with Gasteiger partial charge < -0.3 is 15.5 Å². The summed E-state index contributed by atoms with van der Waals surface area (Å²) in [6.07, 6.45) is 3.13. The number of hydrogen-bond acceptors (Lipinski definition) is 5. The number of benzene rings is 1. The number of aromatic nitrogens is 2. The molecule has 0 spiro atoms. The minimum absolute atomic E-state index is 0.207. The number of likely N-dealkylation sites (N-methyl/N-ethyl adjacent to an activating group) is 1. The molecule has 2 N–H and O–H groups in total. The third-order valence-electron chi connectivity index (χ3n) is 4.36. The lowest BCUT2D eigenvalue weighted by Crippen LogP contribution is -2.31. The fourth-order valence-electron chi connectivity index (χ4n) is 2.82. The lowest BCUT2D eigenvalue weighted by molar-refractivity contribution is 0.0945. The van der Waals surface area contributed by atoms with Crippen LogP contribution in [-0.4, -0.2) is 48.0 Å². The van der Waals surface area contributed by atoms with Gasteiger partial charge in [0.1, 0.15) is 11.5 Å². The molecule has 2 aromatic rings. The quantitative estimate of drug-likeness (QED) is 0.741. The first-order chi connectivity index (χ1) is 12.8. The molecule has 0 fully saturated rings. The normalized spacial score (nSPS) is 11.3. The van der Waals surface area contributed by atoms with E-state index >= 15 is 0 Å². The Labute approximate surface area is 162 Å². The van der Waals surface area contributed by atoms with Crippen LogP contribution in [0.1, 0.15) is 61.1 Å². The van der Waals surface area contributed by atoms with Crippen molar-refractivity contribution in [2.75, 3.05) is 32.5 Å². The van der Waals surface area contributed by atoms with Crippen LogP contribution < -0.4 is 10.6 Å². The molecule has 0 aliphatic rings. The van der Waals surface area contributed by atoms with Crippen LogP contribution >= 0.6 is 0 Å². The first kappa shape index (κ1) is 20.8. The Kier molecular flexibility index (Phi) is 7.30. The maximum atomic E-state index is 12.1. The highest BCUT2D eigenvalue weighted by Crippen LogP contribution is 2.33. The van der Waals surface area contributed by atoms with E-state index in [2.05, 4.69) is 66.5 Å². The van der Waals surface area contributed by atoms with Crippen molar-refractivity contribution < 1.29 is 4.79 Å². The average Bonchev–Trinajstić information content (AvgIpc) is 2.61. The number of hydrogen-bond donors (Lipinski definition) is 2. The van der Waals surface area contributed by atoms with Crippen molar-refractivity contribution in [3.8, 4) is 0 Å². The molecule has 0 aliphatic carbocycles. The second-order valence-electron chi connectivity index (χ2n) is 7.59. The molecule has 1 aromatic carbocycles. The summed E-state index contributed by atoms with van der Waals surface area (Å²) in [6, 6.07) is 6.38. The first-order valence-corrected chi connectivity index (χ1v) is 9.44. The molecule has 0 unspecified atom stereocenters. The Morgan fingerprint density at radius 1 is 1.04 bits per heavy atom. The van der Waals surface area contributed by atoms with Crippen LogP contribution in [0, 0.1) is 0 Å². The topological polar surface area (TPSA) is 70.2 Å². The van der Waals surface area contributed by atoms with Crippen LogP contribution in [0.4, 0.5) is 11.5 Å². The zero-order valence-corrected chi connectivity index (χ0v) is 17.2. The molecule has 6 nitrogen and oxygen atoms in total. The minimum Gasteiger partial charge on any atom is -0.349 e. The van der Waals surface area contributed by atoms with Gasteiger partial charge in [0.2, 0.25) is 0 Å². The van der Waals surface area contributed by atoms with Gasteiger partial charge in [0, 0.05) is 18.8 Å². The smallest absolute Gasteiger partial charge is 0.271 e. The summed E-state index contributed by atoms with van der Waals surface area (Å²) in [7, 11) is 3.93. The van der Waals surface area contributed by atoms with Crippen LogP contribution in [0.2, 0.25) is 0 Å². The third kappa shape index (κ3) is 5.76. The molecule has 27 heavy (non-hydrogen) atoms. The second kappa shape index (κ2) is 9.46. The summed E-state index contributed by atoms with van der Waals surface area (Å²) in [5.41, 5.74) is 3.89. The molecule has 0 bridgehead atoms. The number of nitrogens with zero attached hydrogens (tertiary/aromatic N) is 3. The fourth-order valence-corrected chi connectivity index (χ4v) is 2.82. The van der Waals surface area contributed by atoms with Gasteiger partial charge in [0.15, 0.2) is 0 Å². The van der Waals surface area contributed by atoms with Crippen molar-refractivity contribution in [1.29, 1.82) is 0 Å². The Bertz CT molecular complexity index is 727. The van der Waals surface area contributed by atoms with Crippen LogP contribution in [0.25, 0.3) is 0 Å². The van der Waals surface area contributed by atoms with Crippen LogP contribution in [-0.2, 0) is 0 Å². The molecular weight excluding hydrogens is 338 g/mol. The van der Waals surface area contributed by atoms with E-state index in [4.69, 9.17) is 0 Å². The Balaban J connectivity index is 2.16. The fraction of sp³-hybridized carbons (Fsp3) is 0.476. The van der Waals surface area contributed by atoms with Crippen molar-refractivity contribution in [3.05, 3.63) is 47.4 Å². The molecule has 2 rings (SSSR count). The predicted octanol–water partition coefficient (Wildman–Crippen LogP) is 3.76. The maximum absolute atomic E-state index is 12.1. The molecular formula is C21H31N5O. The number of para-hydroxylation sites is 1. The van der Waals surface area contributed by atoms with Crippen molar-refractivity contribution in [3.63, 3.8) is 0 Å². The van der Waals surface area contributed by atoms with Crippen molar-refractivity contribution >= 4 is 17.4 Å². The Morgan fingerprint density at radius 3 is 2.15 bits per heavy atom. The van der Waals surface area contributed by atoms with Crippen molar-refractivity contribution in [2.24, 2.45) is 0 Å². The molecule has 146 valence electrons. The molecule has 0 saturated carbocycles. The molecule has 0 radical (unpaired) electrons. The third-order valence-corrected chi connectivity index (χ3v) is 4.36. The average molecular weight is 370 g/mol. The highest BCUT2D eigenvalue weighted by molar-refractivity contribution is 5.92. The number of nitrogens with one attached hydrogen (secondary N) is 2. The molecule has 1 aromatic heterocycles. The van der Waals surface area contributed by atoms with Gasteiger partial charge in [0.05, 0.1) is 12.4 Å². The highest BCUT2D eigenvalue weighted by atomic mass is 16.1. The van der Waals surface area contributed by atoms with Gasteiger partial charge in [0.25, 0.3) is 5.91 Å². The van der Waals surface area contributed by atoms with E-state index in [0.29, 0.717) is 29.9 Å². The lowest BCUT2D eigenvalue weighted by atomic mass is 9.92. The SMILES string of the molecule is CC(C)c1cccc(C(C)C)c1Nc1cnc(C(=O)NCCN(C)C)cn1. The van der Waals surface area contributed by atoms with Crippen molar-refractivity contribution in [2.45, 2.75) is 39.5 Å². The Hall–Kier alpha value is -2.47.